The number of rotatable bonds is 1. The van der Waals surface area contributed by atoms with E-state index in [1.54, 1.807) is 6.07 Å². The van der Waals surface area contributed by atoms with Crippen LogP contribution in [-0.4, -0.2) is 18.4 Å². The molecule has 13 heavy (non-hydrogen) atoms. The van der Waals surface area contributed by atoms with Crippen LogP contribution in [0, 0.1) is 9.52 Å². The molecule has 1 aliphatic heterocycles. The fraction of sp³-hybridized carbons (Fsp3) is 0.375. The Hall–Kier alpha value is -0.270. The van der Waals surface area contributed by atoms with Crippen LogP contribution >= 0.6 is 22.6 Å². The summed E-state index contributed by atoms with van der Waals surface area (Å²) in [6.45, 7) is 0.768. The molecule has 0 bridgehead atoms. The number of pyridine rings is 1. The summed E-state index contributed by atoms with van der Waals surface area (Å²) >= 11 is 1.92. The first-order valence-corrected chi connectivity index (χ1v) is 4.86. The summed E-state index contributed by atoms with van der Waals surface area (Å²) in [6.07, 6.45) is 1.29. The highest BCUT2D eigenvalue weighted by Crippen LogP contribution is 2.27. The number of ether oxygens (including phenoxy) is 2. The lowest BCUT2D eigenvalue weighted by Crippen LogP contribution is -2.04. The van der Waals surface area contributed by atoms with Crippen molar-refractivity contribution in [1.29, 1.82) is 0 Å². The molecule has 1 aromatic heterocycles. The second kappa shape index (κ2) is 3.85. The molecule has 0 spiro atoms. The lowest BCUT2D eigenvalue weighted by molar-refractivity contribution is 0.0462. The molecule has 3 nitrogen and oxygen atoms in total. The van der Waals surface area contributed by atoms with Crippen molar-refractivity contribution < 1.29 is 13.9 Å². The maximum atomic E-state index is 13.0. The molecule has 2 heterocycles. The van der Waals surface area contributed by atoms with Gasteiger partial charge in [0.25, 0.3) is 0 Å². The highest BCUT2D eigenvalue weighted by Gasteiger charge is 2.22. The second-order valence-electron chi connectivity index (χ2n) is 2.65. The van der Waals surface area contributed by atoms with Gasteiger partial charge in [-0.05, 0) is 28.7 Å². The maximum absolute atomic E-state index is 13.0. The van der Waals surface area contributed by atoms with Crippen LogP contribution in [0.15, 0.2) is 12.3 Å². The van der Waals surface area contributed by atoms with Gasteiger partial charge < -0.3 is 9.47 Å². The minimum atomic E-state index is -0.450. The lowest BCUT2D eigenvalue weighted by Gasteiger charge is -2.09. The van der Waals surface area contributed by atoms with Gasteiger partial charge in [-0.15, -0.1) is 0 Å². The minimum absolute atomic E-state index is 0.149. The summed E-state index contributed by atoms with van der Waals surface area (Å²) < 4.78 is 23.8. The van der Waals surface area contributed by atoms with Gasteiger partial charge in [0.1, 0.15) is 12.9 Å². The summed E-state index contributed by atoms with van der Waals surface area (Å²) in [5, 5.41) is 0. The molecule has 0 radical (unpaired) electrons. The average Bonchev–Trinajstić information content (AvgIpc) is 2.62. The monoisotopic (exact) mass is 295 g/mol. The first-order chi connectivity index (χ1) is 6.29. The molecule has 1 fully saturated rings. The Labute approximate surface area is 88.4 Å². The van der Waals surface area contributed by atoms with E-state index in [1.165, 1.54) is 6.20 Å². The van der Waals surface area contributed by atoms with Crippen LogP contribution in [0.4, 0.5) is 4.39 Å². The fourth-order valence-corrected chi connectivity index (χ4v) is 1.86. The summed E-state index contributed by atoms with van der Waals surface area (Å²) in [7, 11) is 0. The Morgan fingerprint density at radius 3 is 3.15 bits per heavy atom. The summed E-state index contributed by atoms with van der Waals surface area (Å²) in [5.74, 6) is -0.450. The van der Waals surface area contributed by atoms with Gasteiger partial charge >= 0.3 is 0 Å². The number of hydrogen-bond donors (Lipinski definition) is 0. The van der Waals surface area contributed by atoms with Gasteiger partial charge in [0.05, 0.1) is 10.2 Å². The van der Waals surface area contributed by atoms with E-state index in [2.05, 4.69) is 4.98 Å². The quantitative estimate of drug-likeness (QED) is 0.585. The molecule has 0 aliphatic carbocycles. The fourth-order valence-electron chi connectivity index (χ4n) is 1.19. The number of nitrogens with zero attached hydrogens (tertiary/aromatic N) is 1. The van der Waals surface area contributed by atoms with Crippen LogP contribution in [0.2, 0.25) is 0 Å². The van der Waals surface area contributed by atoms with Gasteiger partial charge in [-0.2, -0.15) is 4.39 Å². The molecular weight excluding hydrogens is 288 g/mol. The van der Waals surface area contributed by atoms with E-state index in [1.807, 2.05) is 22.6 Å². The van der Waals surface area contributed by atoms with Crippen LogP contribution in [0.25, 0.3) is 0 Å². The van der Waals surface area contributed by atoms with Crippen LogP contribution < -0.4 is 0 Å². The third kappa shape index (κ3) is 1.82. The van der Waals surface area contributed by atoms with Crippen LogP contribution in [0.1, 0.15) is 11.7 Å². The highest BCUT2D eigenvalue weighted by molar-refractivity contribution is 14.1. The molecule has 0 amide bonds. The molecule has 1 aromatic rings. The van der Waals surface area contributed by atoms with E-state index in [-0.39, 0.29) is 12.9 Å². The Kier molecular flexibility index (Phi) is 2.75. The second-order valence-corrected chi connectivity index (χ2v) is 3.73. The highest BCUT2D eigenvalue weighted by atomic mass is 127. The average molecular weight is 295 g/mol. The van der Waals surface area contributed by atoms with E-state index in [9.17, 15) is 4.39 Å². The van der Waals surface area contributed by atoms with E-state index < -0.39 is 5.95 Å². The number of hydrogen-bond acceptors (Lipinski definition) is 3. The predicted molar refractivity (Wildman–Crippen MR) is 51.6 cm³/mol. The molecule has 0 aromatic carbocycles. The van der Waals surface area contributed by atoms with Gasteiger partial charge in [-0.3, -0.25) is 0 Å². The standard InChI is InChI=1S/C8H7FINO2/c9-8-7(10)5(1-2-11-8)6-3-12-4-13-6/h1-2,6H,3-4H2. The molecule has 2 rings (SSSR count). The molecule has 1 unspecified atom stereocenters. The van der Waals surface area contributed by atoms with Crippen molar-refractivity contribution in [3.05, 3.63) is 27.3 Å². The van der Waals surface area contributed by atoms with Crippen LogP contribution in [0.3, 0.4) is 0 Å². The normalized spacial score (nSPS) is 22.2. The summed E-state index contributed by atoms with van der Waals surface area (Å²) in [5.41, 5.74) is 0.811. The van der Waals surface area contributed by atoms with Gasteiger partial charge in [0.15, 0.2) is 0 Å². The van der Waals surface area contributed by atoms with Crippen LogP contribution in [0.5, 0.6) is 0 Å². The largest absolute Gasteiger partial charge is 0.352 e. The van der Waals surface area contributed by atoms with Crippen LogP contribution in [-0.2, 0) is 9.47 Å². The number of aromatic nitrogens is 1. The van der Waals surface area contributed by atoms with Gasteiger partial charge in [0.2, 0.25) is 5.95 Å². The zero-order valence-corrected chi connectivity index (χ0v) is 8.82. The third-order valence-electron chi connectivity index (χ3n) is 1.85. The molecule has 1 aliphatic rings. The lowest BCUT2D eigenvalue weighted by atomic mass is 10.1. The SMILES string of the molecule is Fc1nccc(C2COCO2)c1I. The zero-order valence-electron chi connectivity index (χ0n) is 6.67. The maximum Gasteiger partial charge on any atom is 0.226 e. The number of halogens is 2. The molecule has 0 saturated carbocycles. The molecule has 1 saturated heterocycles. The van der Waals surface area contributed by atoms with Crippen molar-refractivity contribution in [3.63, 3.8) is 0 Å². The molecule has 5 heteroatoms. The third-order valence-corrected chi connectivity index (χ3v) is 2.91. The first-order valence-electron chi connectivity index (χ1n) is 3.78. The van der Waals surface area contributed by atoms with E-state index in [0.717, 1.165) is 5.56 Å². The van der Waals surface area contributed by atoms with Crippen molar-refractivity contribution in [2.45, 2.75) is 6.10 Å². The van der Waals surface area contributed by atoms with E-state index in [0.29, 0.717) is 10.2 Å². The Morgan fingerprint density at radius 2 is 2.46 bits per heavy atom. The Morgan fingerprint density at radius 1 is 1.62 bits per heavy atom. The van der Waals surface area contributed by atoms with Gasteiger partial charge in [-0.1, -0.05) is 0 Å². The predicted octanol–water partition coefficient (Wildman–Crippen LogP) is 1.87. The van der Waals surface area contributed by atoms with Crippen molar-refractivity contribution >= 4 is 22.6 Å². The van der Waals surface area contributed by atoms with Gasteiger partial charge in [0, 0.05) is 11.8 Å². The van der Waals surface area contributed by atoms with E-state index in [4.69, 9.17) is 9.47 Å². The topological polar surface area (TPSA) is 31.4 Å². The molecule has 0 N–H and O–H groups in total. The smallest absolute Gasteiger partial charge is 0.226 e. The van der Waals surface area contributed by atoms with E-state index >= 15 is 0 Å². The summed E-state index contributed by atoms with van der Waals surface area (Å²) in [6, 6.07) is 1.75. The molecular formula is C8H7FINO2. The van der Waals surface area contributed by atoms with Crippen molar-refractivity contribution in [1.82, 2.24) is 4.98 Å². The van der Waals surface area contributed by atoms with Gasteiger partial charge in [-0.25, -0.2) is 4.98 Å². The Bertz CT molecular complexity index is 315. The van der Waals surface area contributed by atoms with Crippen molar-refractivity contribution in [2.24, 2.45) is 0 Å². The van der Waals surface area contributed by atoms with Crippen molar-refractivity contribution in [3.8, 4) is 0 Å². The molecule has 70 valence electrons. The first kappa shape index (κ1) is 9.29. The zero-order chi connectivity index (χ0) is 9.26. The summed E-state index contributed by atoms with van der Waals surface area (Å²) in [4.78, 5) is 3.54. The van der Waals surface area contributed by atoms with Crippen molar-refractivity contribution in [2.75, 3.05) is 13.4 Å². The Balaban J connectivity index is 2.33. The molecule has 1 atom stereocenters. The minimum Gasteiger partial charge on any atom is -0.352 e.